The van der Waals surface area contributed by atoms with E-state index in [1.807, 2.05) is 0 Å². The van der Waals surface area contributed by atoms with Crippen molar-refractivity contribution in [2.45, 2.75) is 110 Å². The molecule has 0 bridgehead atoms. The van der Waals surface area contributed by atoms with Gasteiger partial charge in [0.25, 0.3) is 0 Å². The molecule has 322 valence electrons. The lowest BCUT2D eigenvalue weighted by Crippen LogP contribution is -2.47. The number of unbranched alkanes of at least 4 members (excludes halogenated alkanes) is 1. The lowest BCUT2D eigenvalue weighted by molar-refractivity contribution is 0.127. The molecule has 0 aliphatic carbocycles. The van der Waals surface area contributed by atoms with Crippen LogP contribution in [0.15, 0.2) is 0 Å². The van der Waals surface area contributed by atoms with Crippen LogP contribution in [-0.4, -0.2) is 169 Å². The van der Waals surface area contributed by atoms with Crippen molar-refractivity contribution in [3.8, 4) is 0 Å². The summed E-state index contributed by atoms with van der Waals surface area (Å²) in [4.78, 5) is 13.0. The van der Waals surface area contributed by atoms with Crippen LogP contribution >= 0.6 is 0 Å². The normalized spacial score (nSPS) is 26.8. The molecule has 5 N–H and O–H groups in total. The van der Waals surface area contributed by atoms with Gasteiger partial charge in [0.1, 0.15) is 0 Å². The Kier molecular flexibility index (Phi) is 22.2. The highest BCUT2D eigenvalue weighted by Crippen LogP contribution is 2.32. The Morgan fingerprint density at radius 1 is 0.509 bits per heavy atom. The Morgan fingerprint density at radius 2 is 1.05 bits per heavy atom. The number of piperazine rings is 1. The maximum Gasteiger partial charge on any atom is 0.0110 e. The third-order valence-electron chi connectivity index (χ3n) is 15.3. The minimum atomic E-state index is 0.881. The zero-order chi connectivity index (χ0) is 38.5. The molecule has 0 amide bonds. The van der Waals surface area contributed by atoms with Crippen molar-refractivity contribution in [1.29, 1.82) is 0 Å². The average molecular weight is 772 g/mol. The summed E-state index contributed by atoms with van der Waals surface area (Å²) in [6.07, 6.45) is 22.5. The van der Waals surface area contributed by atoms with Crippen LogP contribution in [0.1, 0.15) is 110 Å². The van der Waals surface area contributed by atoms with Crippen molar-refractivity contribution in [1.82, 2.24) is 40.4 Å². The summed E-state index contributed by atoms with van der Waals surface area (Å²) in [6.45, 7) is 27.9. The molecule has 9 heteroatoms. The quantitative estimate of drug-likeness (QED) is 0.170. The minimum Gasteiger partial charge on any atom is -0.330 e. The number of likely N-dealkylation sites (N-methyl/N-ethyl adjacent to an activating group) is 1. The van der Waals surface area contributed by atoms with Gasteiger partial charge in [0.05, 0.1) is 0 Å². The molecule has 7 heterocycles. The Morgan fingerprint density at radius 3 is 1.60 bits per heavy atom. The standard InChI is InChI=1S/C24H48N4.C11H23N3.C11H22N2/c1-27-16-11-24(12-17-27)23(6-13-25)5-3-2-4-21-9-18-28(19-10-21)20-22-7-14-26-15-8-22;1-13-6-8-14(9-7-13)10-11-2-4-12-5-3-11;1-10-2-5-13(6-3-10)7-4-11-8-12-9-11/h21-24,26H,2-20,25H2,1H3;11-12H,2-10H2,1H3;10-12H,2-9H2,1H3. The van der Waals surface area contributed by atoms with Gasteiger partial charge in [0.15, 0.2) is 0 Å². The summed E-state index contributed by atoms with van der Waals surface area (Å²) in [7, 11) is 4.49. The molecule has 7 aliphatic heterocycles. The van der Waals surface area contributed by atoms with E-state index in [1.165, 1.54) is 227 Å². The summed E-state index contributed by atoms with van der Waals surface area (Å²) in [5.41, 5.74) is 5.95. The lowest BCUT2D eigenvalue weighted by Gasteiger charge is -2.36. The highest BCUT2D eigenvalue weighted by atomic mass is 15.2. The first-order valence-corrected chi connectivity index (χ1v) is 24.3. The second kappa shape index (κ2) is 26.7. The van der Waals surface area contributed by atoms with Crippen LogP contribution in [-0.2, 0) is 0 Å². The largest absolute Gasteiger partial charge is 0.330 e. The molecular weight excluding hydrogens is 679 g/mol. The number of nitrogens with one attached hydrogen (secondary N) is 3. The summed E-state index contributed by atoms with van der Waals surface area (Å²) in [5, 5.41) is 10.3. The number of likely N-dealkylation sites (tertiary alicyclic amines) is 3. The van der Waals surface area contributed by atoms with E-state index in [1.54, 1.807) is 0 Å². The van der Waals surface area contributed by atoms with Crippen LogP contribution in [0.2, 0.25) is 0 Å². The van der Waals surface area contributed by atoms with Crippen molar-refractivity contribution < 1.29 is 0 Å². The van der Waals surface area contributed by atoms with Crippen LogP contribution in [0.25, 0.3) is 0 Å². The molecule has 1 unspecified atom stereocenters. The second-order valence-electron chi connectivity index (χ2n) is 19.8. The Hall–Kier alpha value is -0.360. The number of hydrogen-bond donors (Lipinski definition) is 4. The van der Waals surface area contributed by atoms with Crippen molar-refractivity contribution in [2.75, 3.05) is 145 Å². The minimum absolute atomic E-state index is 0.881. The maximum absolute atomic E-state index is 5.95. The van der Waals surface area contributed by atoms with Crippen molar-refractivity contribution >= 4 is 0 Å². The summed E-state index contributed by atoms with van der Waals surface area (Å²) < 4.78 is 0. The Balaban J connectivity index is 0.000000178. The summed E-state index contributed by atoms with van der Waals surface area (Å²) in [5.74, 6) is 6.71. The average Bonchev–Trinajstić information content (AvgIpc) is 3.19. The lowest BCUT2D eigenvalue weighted by atomic mass is 9.79. The topological polar surface area (TPSA) is 78.3 Å². The molecule has 55 heavy (non-hydrogen) atoms. The van der Waals surface area contributed by atoms with E-state index in [2.05, 4.69) is 61.5 Å². The maximum atomic E-state index is 5.95. The first-order valence-electron chi connectivity index (χ1n) is 24.3. The van der Waals surface area contributed by atoms with E-state index < -0.39 is 0 Å². The highest BCUT2D eigenvalue weighted by molar-refractivity contribution is 4.81. The fourth-order valence-electron chi connectivity index (χ4n) is 10.7. The molecular formula is C46H93N9. The fraction of sp³-hybridized carbons (Fsp3) is 1.00. The van der Waals surface area contributed by atoms with E-state index in [-0.39, 0.29) is 0 Å². The Labute approximate surface area is 341 Å². The zero-order valence-electron chi connectivity index (χ0n) is 36.8. The van der Waals surface area contributed by atoms with Crippen LogP contribution in [0, 0.1) is 41.4 Å². The van der Waals surface area contributed by atoms with Gasteiger partial charge < -0.3 is 46.2 Å². The van der Waals surface area contributed by atoms with E-state index >= 15 is 0 Å². The predicted molar refractivity (Wildman–Crippen MR) is 236 cm³/mol. The first-order chi connectivity index (χ1) is 26.9. The van der Waals surface area contributed by atoms with Crippen LogP contribution in [0.4, 0.5) is 0 Å². The van der Waals surface area contributed by atoms with Gasteiger partial charge in [0, 0.05) is 39.3 Å². The molecule has 7 fully saturated rings. The monoisotopic (exact) mass is 772 g/mol. The van der Waals surface area contributed by atoms with E-state index in [0.29, 0.717) is 0 Å². The summed E-state index contributed by atoms with van der Waals surface area (Å²) >= 11 is 0. The SMILES string of the molecule is CC1CCN(CCC2CNC2)CC1.CN1CCC(C(CCN)CCCCC2CCN(CC3CCNCC3)CC2)CC1.CN1CCN(CC2CCNCC2)CC1. The van der Waals surface area contributed by atoms with Gasteiger partial charge in [-0.05, 0) is 224 Å². The van der Waals surface area contributed by atoms with Gasteiger partial charge in [-0.15, -0.1) is 0 Å². The number of rotatable bonds is 15. The molecule has 7 aliphatic rings. The molecule has 9 nitrogen and oxygen atoms in total. The Bertz CT molecular complexity index is 922. The number of nitrogens with zero attached hydrogens (tertiary/aromatic N) is 5. The number of nitrogens with two attached hydrogens (primary N) is 1. The van der Waals surface area contributed by atoms with Crippen molar-refractivity contribution in [3.05, 3.63) is 0 Å². The molecule has 0 saturated carbocycles. The zero-order valence-corrected chi connectivity index (χ0v) is 36.8. The van der Waals surface area contributed by atoms with Gasteiger partial charge in [-0.25, -0.2) is 0 Å². The first kappa shape index (κ1) is 45.7. The second-order valence-corrected chi connectivity index (χ2v) is 19.8. The predicted octanol–water partition coefficient (Wildman–Crippen LogP) is 5.13. The smallest absolute Gasteiger partial charge is 0.0110 e. The molecule has 0 aromatic heterocycles. The van der Waals surface area contributed by atoms with Gasteiger partial charge >= 0.3 is 0 Å². The molecule has 7 rings (SSSR count). The van der Waals surface area contributed by atoms with E-state index in [0.717, 1.165) is 48.0 Å². The van der Waals surface area contributed by atoms with E-state index in [4.69, 9.17) is 5.73 Å². The molecule has 0 spiro atoms. The molecule has 1 atom stereocenters. The summed E-state index contributed by atoms with van der Waals surface area (Å²) in [6, 6.07) is 0. The molecule has 0 aromatic rings. The molecule has 0 radical (unpaired) electrons. The number of piperidine rings is 5. The third-order valence-corrected chi connectivity index (χ3v) is 15.3. The van der Waals surface area contributed by atoms with Crippen molar-refractivity contribution in [2.24, 2.45) is 47.2 Å². The fourth-order valence-corrected chi connectivity index (χ4v) is 10.7. The van der Waals surface area contributed by atoms with Crippen molar-refractivity contribution in [3.63, 3.8) is 0 Å². The third kappa shape index (κ3) is 18.2. The highest BCUT2D eigenvalue weighted by Gasteiger charge is 2.26. The van der Waals surface area contributed by atoms with Crippen LogP contribution < -0.4 is 21.7 Å². The van der Waals surface area contributed by atoms with Gasteiger partial charge in [-0.1, -0.05) is 32.6 Å². The van der Waals surface area contributed by atoms with Gasteiger partial charge in [-0.2, -0.15) is 0 Å². The van der Waals surface area contributed by atoms with Crippen LogP contribution in [0.5, 0.6) is 0 Å². The van der Waals surface area contributed by atoms with E-state index in [9.17, 15) is 0 Å². The van der Waals surface area contributed by atoms with Crippen LogP contribution in [0.3, 0.4) is 0 Å². The van der Waals surface area contributed by atoms with Gasteiger partial charge in [0.2, 0.25) is 0 Å². The number of hydrogen-bond acceptors (Lipinski definition) is 9. The molecule has 0 aromatic carbocycles. The van der Waals surface area contributed by atoms with Gasteiger partial charge in [-0.3, -0.25) is 0 Å². The molecule has 7 saturated heterocycles.